The highest BCUT2D eigenvalue weighted by molar-refractivity contribution is 5.93. The molecule has 0 saturated heterocycles. The molecule has 1 heteroatoms. The fraction of sp³-hybridized carbons (Fsp3) is 0.444. The van der Waals surface area contributed by atoms with E-state index < -0.39 is 5.89 Å². The molecule has 50 valence electrons. The first kappa shape index (κ1) is 4.12. The largest absolute Gasteiger partial charge is 0.298 e. The summed E-state index contributed by atoms with van der Waals surface area (Å²) in [7, 11) is 0. The van der Waals surface area contributed by atoms with Crippen LogP contribution in [-0.2, 0) is 4.79 Å². The van der Waals surface area contributed by atoms with Crippen LogP contribution < -0.4 is 0 Å². The van der Waals surface area contributed by atoms with Gasteiger partial charge in [-0.15, -0.1) is 0 Å². The summed E-state index contributed by atoms with van der Waals surface area (Å²) in [6.45, 7) is 0. The van der Waals surface area contributed by atoms with Crippen LogP contribution in [0.3, 0.4) is 0 Å². The quantitative estimate of drug-likeness (QED) is 0.453. The lowest BCUT2D eigenvalue weighted by atomic mass is 9.92. The number of carbonyl (C=O) groups is 1. The van der Waals surface area contributed by atoms with Gasteiger partial charge in [-0.3, -0.25) is 4.79 Å². The van der Waals surface area contributed by atoms with Crippen molar-refractivity contribution in [3.05, 3.63) is 24.3 Å². The van der Waals surface area contributed by atoms with Gasteiger partial charge >= 0.3 is 0 Å². The van der Waals surface area contributed by atoms with Crippen molar-refractivity contribution in [1.29, 1.82) is 0 Å². The Hall–Kier alpha value is -0.850. The second-order valence-electron chi connectivity index (χ2n) is 3.22. The molecule has 3 aliphatic rings. The molecule has 0 amide bonds. The Bertz CT molecular complexity index is 283. The highest BCUT2D eigenvalue weighted by Gasteiger charge is 2.56. The summed E-state index contributed by atoms with van der Waals surface area (Å²) in [5, 5.41) is 0. The van der Waals surface area contributed by atoms with Crippen LogP contribution in [0.2, 0.25) is 0 Å². The first-order valence-electron chi connectivity index (χ1n) is 4.15. The van der Waals surface area contributed by atoms with E-state index in [1.807, 2.05) is 12.2 Å². The highest BCUT2D eigenvalue weighted by Crippen LogP contribution is 2.55. The van der Waals surface area contributed by atoms with Crippen LogP contribution in [0.5, 0.6) is 0 Å². The SMILES string of the molecule is [2H]C12C=CC3C(C=C1)C3C2=O. The van der Waals surface area contributed by atoms with Gasteiger partial charge < -0.3 is 0 Å². The number of ketones is 1. The van der Waals surface area contributed by atoms with Crippen molar-refractivity contribution in [2.45, 2.75) is 0 Å². The van der Waals surface area contributed by atoms with Gasteiger partial charge in [-0.05, 0) is 11.8 Å². The highest BCUT2D eigenvalue weighted by atomic mass is 16.1. The molecule has 0 heterocycles. The summed E-state index contributed by atoms with van der Waals surface area (Å²) < 4.78 is 7.75. The molecule has 0 aromatic carbocycles. The average Bonchev–Trinajstić information content (AvgIpc) is 2.68. The molecule has 2 atom stereocenters. The number of carbonyl (C=O) groups excluding carboxylic acids is 1. The van der Waals surface area contributed by atoms with Gasteiger partial charge in [-0.2, -0.15) is 0 Å². The van der Waals surface area contributed by atoms with Gasteiger partial charge in [0.1, 0.15) is 5.78 Å². The van der Waals surface area contributed by atoms with Crippen LogP contribution in [0.4, 0.5) is 0 Å². The topological polar surface area (TPSA) is 17.1 Å². The van der Waals surface area contributed by atoms with Crippen molar-refractivity contribution >= 4 is 5.78 Å². The van der Waals surface area contributed by atoms with Crippen LogP contribution in [0.1, 0.15) is 1.37 Å². The van der Waals surface area contributed by atoms with E-state index in [4.69, 9.17) is 1.37 Å². The number of hydrogen-bond acceptors (Lipinski definition) is 1. The first-order valence-corrected chi connectivity index (χ1v) is 3.65. The fourth-order valence-corrected chi connectivity index (χ4v) is 2.05. The molecule has 3 rings (SSSR count). The predicted octanol–water partition coefficient (Wildman–Crippen LogP) is 1.17. The summed E-state index contributed by atoms with van der Waals surface area (Å²) in [4.78, 5) is 11.5. The maximum absolute atomic E-state index is 11.5. The molecular weight excluding hydrogens is 124 g/mol. The average molecular weight is 133 g/mol. The van der Waals surface area contributed by atoms with E-state index in [1.54, 1.807) is 12.2 Å². The van der Waals surface area contributed by atoms with E-state index in [0.29, 0.717) is 11.8 Å². The summed E-state index contributed by atoms with van der Waals surface area (Å²) >= 11 is 0. The Balaban J connectivity index is 2.25. The Morgan fingerprint density at radius 2 is 1.80 bits per heavy atom. The van der Waals surface area contributed by atoms with Crippen molar-refractivity contribution in [1.82, 2.24) is 0 Å². The molecular formula is C9H8O. The fourth-order valence-electron chi connectivity index (χ4n) is 2.05. The Morgan fingerprint density at radius 3 is 2.30 bits per heavy atom. The summed E-state index contributed by atoms with van der Waals surface area (Å²) in [6, 6.07) is 0. The third kappa shape index (κ3) is 0.367. The molecule has 0 N–H and O–H groups in total. The molecule has 10 heavy (non-hydrogen) atoms. The van der Waals surface area contributed by atoms with Crippen molar-refractivity contribution in [3.8, 4) is 0 Å². The maximum Gasteiger partial charge on any atom is 0.147 e. The summed E-state index contributed by atoms with van der Waals surface area (Å²) in [5.74, 6) is 0.174. The van der Waals surface area contributed by atoms with Gasteiger partial charge in [0.05, 0.1) is 5.89 Å². The van der Waals surface area contributed by atoms with Crippen LogP contribution in [0, 0.1) is 23.6 Å². The monoisotopic (exact) mass is 133 g/mol. The van der Waals surface area contributed by atoms with E-state index in [9.17, 15) is 4.79 Å². The lowest BCUT2D eigenvalue weighted by Crippen LogP contribution is -2.17. The Morgan fingerprint density at radius 1 is 1.20 bits per heavy atom. The number of Topliss-reactive ketones (excluding diaryl/α,β-unsaturated/α-hetero) is 1. The summed E-state index contributed by atoms with van der Waals surface area (Å²) in [5.41, 5.74) is 0. The first-order chi connectivity index (χ1) is 5.22. The molecule has 0 spiro atoms. The Labute approximate surface area is 60.8 Å². The van der Waals surface area contributed by atoms with Gasteiger partial charge in [-0.25, -0.2) is 0 Å². The minimum Gasteiger partial charge on any atom is -0.298 e. The molecule has 1 nitrogen and oxygen atoms in total. The lowest BCUT2D eigenvalue weighted by Gasteiger charge is -2.11. The smallest absolute Gasteiger partial charge is 0.147 e. The molecule has 0 aromatic heterocycles. The van der Waals surface area contributed by atoms with Gasteiger partial charge in [0, 0.05) is 7.29 Å². The molecule has 3 aliphatic carbocycles. The van der Waals surface area contributed by atoms with Crippen molar-refractivity contribution in [2.75, 3.05) is 0 Å². The molecule has 2 bridgehead atoms. The number of fused-ring (bicyclic) bond motifs is 2. The number of rotatable bonds is 0. The summed E-state index contributed by atoms with van der Waals surface area (Å²) in [6.07, 6.45) is 7.54. The molecule has 1 fully saturated rings. The molecule has 2 unspecified atom stereocenters. The predicted molar refractivity (Wildman–Crippen MR) is 37.2 cm³/mol. The lowest BCUT2D eigenvalue weighted by molar-refractivity contribution is -0.122. The third-order valence-corrected chi connectivity index (χ3v) is 2.72. The zero-order valence-electron chi connectivity index (χ0n) is 6.45. The molecule has 1 saturated carbocycles. The molecule has 0 aromatic rings. The zero-order valence-corrected chi connectivity index (χ0v) is 5.45. The van der Waals surface area contributed by atoms with E-state index in [0.717, 1.165) is 0 Å². The van der Waals surface area contributed by atoms with Crippen molar-refractivity contribution < 1.29 is 6.17 Å². The van der Waals surface area contributed by atoms with Gasteiger partial charge in [-0.1, -0.05) is 24.3 Å². The van der Waals surface area contributed by atoms with Gasteiger partial charge in [0.2, 0.25) is 0 Å². The minimum atomic E-state index is -0.992. The van der Waals surface area contributed by atoms with Crippen LogP contribution in [-0.4, -0.2) is 5.78 Å². The normalized spacial score (nSPS) is 62.2. The van der Waals surface area contributed by atoms with Crippen LogP contribution in [0.15, 0.2) is 24.3 Å². The van der Waals surface area contributed by atoms with Crippen LogP contribution in [0.25, 0.3) is 0 Å². The third-order valence-electron chi connectivity index (χ3n) is 2.72. The van der Waals surface area contributed by atoms with E-state index in [2.05, 4.69) is 0 Å². The van der Waals surface area contributed by atoms with E-state index in [-0.39, 0.29) is 11.7 Å². The number of hydrogen-bond donors (Lipinski definition) is 0. The van der Waals surface area contributed by atoms with Crippen molar-refractivity contribution in [2.24, 2.45) is 23.6 Å². The van der Waals surface area contributed by atoms with Crippen molar-refractivity contribution in [3.63, 3.8) is 0 Å². The maximum atomic E-state index is 11.5. The van der Waals surface area contributed by atoms with Gasteiger partial charge in [0.25, 0.3) is 0 Å². The zero-order chi connectivity index (χ0) is 7.64. The number of allylic oxidation sites excluding steroid dienone is 4. The van der Waals surface area contributed by atoms with Crippen LogP contribution >= 0.6 is 0 Å². The minimum absolute atomic E-state index is 0.109. The standard InChI is InChI=1S/C9H8O/c10-9-5-1-3-6-7(4-2-5)8(6)9/h1-8H/i5D. The molecule has 0 radical (unpaired) electrons. The second-order valence-corrected chi connectivity index (χ2v) is 3.22. The molecule has 0 aliphatic heterocycles. The van der Waals surface area contributed by atoms with Gasteiger partial charge in [0.15, 0.2) is 0 Å². The van der Waals surface area contributed by atoms with E-state index in [1.165, 1.54) is 0 Å². The van der Waals surface area contributed by atoms with E-state index >= 15 is 0 Å². The second kappa shape index (κ2) is 1.26. The Kier molecular flexibility index (Phi) is 0.521.